The highest BCUT2D eigenvalue weighted by molar-refractivity contribution is 6.42. The van der Waals surface area contributed by atoms with E-state index < -0.39 is 23.5 Å². The molecule has 1 aromatic rings. The first kappa shape index (κ1) is 22.2. The second kappa shape index (κ2) is 9.38. The van der Waals surface area contributed by atoms with Crippen LogP contribution in [0.4, 0.5) is 13.2 Å². The number of nitrogens with two attached hydrogens (primary N) is 1. The minimum absolute atomic E-state index is 0.0109. The van der Waals surface area contributed by atoms with Gasteiger partial charge in [-0.15, -0.1) is 0 Å². The fourth-order valence-corrected chi connectivity index (χ4v) is 3.29. The Balaban J connectivity index is 2.26. The Bertz CT molecular complexity index is 747. The maximum atomic E-state index is 12.8. The molecule has 28 heavy (non-hydrogen) atoms. The molecule has 10 heteroatoms. The predicted molar refractivity (Wildman–Crippen MR) is 98.9 cm³/mol. The van der Waals surface area contributed by atoms with Crippen molar-refractivity contribution in [2.24, 2.45) is 5.73 Å². The summed E-state index contributed by atoms with van der Waals surface area (Å²) in [7, 11) is 1.61. The number of aromatic nitrogens is 1. The number of hydrogen-bond donors (Lipinski definition) is 2. The molecule has 0 aromatic carbocycles. The van der Waals surface area contributed by atoms with E-state index >= 15 is 0 Å². The van der Waals surface area contributed by atoms with E-state index in [0.717, 1.165) is 0 Å². The molecule has 6 nitrogen and oxygen atoms in total. The number of ether oxygens (including phenoxy) is 1. The van der Waals surface area contributed by atoms with Crippen molar-refractivity contribution >= 4 is 23.2 Å². The van der Waals surface area contributed by atoms with Crippen molar-refractivity contribution in [3.05, 3.63) is 40.8 Å². The van der Waals surface area contributed by atoms with Crippen LogP contribution in [0.25, 0.3) is 0 Å². The van der Waals surface area contributed by atoms with E-state index in [0.29, 0.717) is 42.5 Å². The summed E-state index contributed by atoms with van der Waals surface area (Å²) in [6, 6.07) is 2.98. The van der Waals surface area contributed by atoms with Crippen molar-refractivity contribution in [2.75, 3.05) is 7.11 Å². The Hall–Kier alpha value is -2.13. The average molecular weight is 419 g/mol. The molecule has 1 heterocycles. The zero-order chi connectivity index (χ0) is 20.9. The van der Waals surface area contributed by atoms with E-state index in [1.807, 2.05) is 0 Å². The quantitative estimate of drug-likeness (QED) is 0.692. The number of halogens is 4. The van der Waals surface area contributed by atoms with Crippen LogP contribution in [0.15, 0.2) is 30.1 Å². The van der Waals surface area contributed by atoms with Crippen molar-refractivity contribution in [1.29, 1.82) is 5.41 Å². The van der Waals surface area contributed by atoms with Gasteiger partial charge in [0.2, 0.25) is 0 Å². The normalized spacial score (nSPS) is 20.7. The molecule has 1 aromatic heterocycles. The largest absolute Gasteiger partial charge is 0.430 e. The molecule has 0 saturated heterocycles. The predicted octanol–water partition coefficient (Wildman–Crippen LogP) is 3.45. The van der Waals surface area contributed by atoms with Crippen molar-refractivity contribution < 1.29 is 22.7 Å². The minimum Gasteiger partial charge on any atom is -0.395 e. The van der Waals surface area contributed by atoms with Crippen LogP contribution in [-0.4, -0.2) is 46.9 Å². The summed E-state index contributed by atoms with van der Waals surface area (Å²) in [5.41, 5.74) is 3.03. The second-order valence-electron chi connectivity index (χ2n) is 6.54. The lowest BCUT2D eigenvalue weighted by molar-refractivity contribution is -0.128. The topological polar surface area (TPSA) is 92.3 Å². The van der Waals surface area contributed by atoms with E-state index in [-0.39, 0.29) is 18.7 Å². The number of methoxy groups -OCH3 is 1. The zero-order valence-electron chi connectivity index (χ0n) is 15.3. The molecule has 0 radical (unpaired) electrons. The number of nitrogens with one attached hydrogen (secondary N) is 1. The van der Waals surface area contributed by atoms with E-state index in [1.54, 1.807) is 19.2 Å². The highest BCUT2D eigenvalue weighted by Gasteiger charge is 2.34. The van der Waals surface area contributed by atoms with Crippen LogP contribution in [0.2, 0.25) is 5.02 Å². The second-order valence-corrected chi connectivity index (χ2v) is 6.95. The summed E-state index contributed by atoms with van der Waals surface area (Å²) >= 11 is 6.13. The third-order valence-corrected chi connectivity index (χ3v) is 5.04. The molecule has 154 valence electrons. The molecular weight excluding hydrogens is 397 g/mol. The number of nitrogens with zero attached hydrogens (tertiary/aromatic N) is 2. The Kier molecular flexibility index (Phi) is 7.42. The van der Waals surface area contributed by atoms with Crippen molar-refractivity contribution in [2.45, 2.75) is 50.6 Å². The summed E-state index contributed by atoms with van der Waals surface area (Å²) in [4.78, 5) is 18.3. The van der Waals surface area contributed by atoms with Gasteiger partial charge in [0.15, 0.2) is 0 Å². The maximum Gasteiger partial charge on any atom is 0.430 e. The van der Waals surface area contributed by atoms with Crippen LogP contribution in [0.3, 0.4) is 0 Å². The first-order valence-electron chi connectivity index (χ1n) is 8.69. The fourth-order valence-electron chi connectivity index (χ4n) is 3.11. The monoisotopic (exact) mass is 418 g/mol. The lowest BCUT2D eigenvalue weighted by Crippen LogP contribution is -2.45. The van der Waals surface area contributed by atoms with Gasteiger partial charge in [0, 0.05) is 19.3 Å². The Labute approximate surface area is 166 Å². The van der Waals surface area contributed by atoms with Gasteiger partial charge in [-0.2, -0.15) is 13.2 Å². The van der Waals surface area contributed by atoms with Gasteiger partial charge in [-0.05, 0) is 43.9 Å². The number of hydrogen-bond acceptors (Lipinski definition) is 5. The first-order valence-corrected chi connectivity index (χ1v) is 9.07. The fraction of sp³-hybridized carbons (Fsp3) is 0.500. The molecule has 3 N–H and O–H groups in total. The van der Waals surface area contributed by atoms with E-state index in [4.69, 9.17) is 27.5 Å². The van der Waals surface area contributed by atoms with Gasteiger partial charge in [-0.3, -0.25) is 15.2 Å². The summed E-state index contributed by atoms with van der Waals surface area (Å²) in [6.07, 6.45) is -0.274. The molecule has 2 rings (SSSR count). The average Bonchev–Trinajstić information content (AvgIpc) is 2.66. The molecule has 1 aliphatic carbocycles. The van der Waals surface area contributed by atoms with E-state index in [1.165, 1.54) is 11.1 Å². The molecule has 0 atom stereocenters. The van der Waals surface area contributed by atoms with Crippen molar-refractivity contribution in [3.8, 4) is 0 Å². The van der Waals surface area contributed by atoms with Gasteiger partial charge >= 0.3 is 6.18 Å². The lowest BCUT2D eigenvalue weighted by Gasteiger charge is -2.36. The number of pyridine rings is 1. The van der Waals surface area contributed by atoms with E-state index in [2.05, 4.69) is 4.98 Å². The molecule has 0 aliphatic heterocycles. The van der Waals surface area contributed by atoms with Crippen LogP contribution in [0.5, 0.6) is 0 Å². The van der Waals surface area contributed by atoms with Gasteiger partial charge < -0.3 is 15.4 Å². The van der Waals surface area contributed by atoms with Crippen LogP contribution < -0.4 is 5.73 Å². The SMILES string of the molecule is COC1CCC(N(Cc2ncccc2Cl)C(=O)C(=N)C=C(N)C(F)(F)F)CC1. The molecule has 1 aliphatic rings. The summed E-state index contributed by atoms with van der Waals surface area (Å²) in [6.45, 7) is -0.0109. The van der Waals surface area contributed by atoms with E-state index in [9.17, 15) is 18.0 Å². The highest BCUT2D eigenvalue weighted by Crippen LogP contribution is 2.28. The van der Waals surface area contributed by atoms with Crippen molar-refractivity contribution in [3.63, 3.8) is 0 Å². The smallest absolute Gasteiger partial charge is 0.395 e. The minimum atomic E-state index is -4.81. The molecule has 1 saturated carbocycles. The maximum absolute atomic E-state index is 12.8. The first-order chi connectivity index (χ1) is 13.1. The molecule has 1 fully saturated rings. The summed E-state index contributed by atoms with van der Waals surface area (Å²) < 4.78 is 43.3. The van der Waals surface area contributed by atoms with Gasteiger partial charge in [0.05, 0.1) is 23.4 Å². The number of alkyl halides is 3. The van der Waals surface area contributed by atoms with Gasteiger partial charge in [-0.25, -0.2) is 0 Å². The molecule has 0 spiro atoms. The standard InChI is InChI=1S/C18H22ClF3N4O2/c1-28-12-6-4-11(5-7-12)26(10-15-13(19)3-2-8-25-15)17(27)14(23)9-16(24)18(20,21)22/h2-3,8-9,11-12,23H,4-7,10,24H2,1H3. The Morgan fingerprint density at radius 2 is 2.07 bits per heavy atom. The molecule has 0 unspecified atom stereocenters. The van der Waals surface area contributed by atoms with Crippen LogP contribution in [0.1, 0.15) is 31.4 Å². The molecule has 1 amide bonds. The zero-order valence-corrected chi connectivity index (χ0v) is 16.1. The number of amides is 1. The highest BCUT2D eigenvalue weighted by atomic mass is 35.5. The number of rotatable bonds is 6. The number of allylic oxidation sites excluding steroid dienone is 1. The van der Waals surface area contributed by atoms with Crippen molar-refractivity contribution in [1.82, 2.24) is 9.88 Å². The summed E-state index contributed by atoms with van der Waals surface area (Å²) in [5, 5.41) is 8.16. The van der Waals surface area contributed by atoms with Gasteiger partial charge in [-0.1, -0.05) is 11.6 Å². The third kappa shape index (κ3) is 5.68. The number of carbonyl (C=O) groups is 1. The summed E-state index contributed by atoms with van der Waals surface area (Å²) in [5.74, 6) is -0.852. The van der Waals surface area contributed by atoms with Gasteiger partial charge in [0.25, 0.3) is 5.91 Å². The van der Waals surface area contributed by atoms with Gasteiger partial charge in [0.1, 0.15) is 11.4 Å². The Morgan fingerprint density at radius 3 is 2.61 bits per heavy atom. The lowest BCUT2D eigenvalue weighted by atomic mass is 9.91. The third-order valence-electron chi connectivity index (χ3n) is 4.69. The molecule has 0 bridgehead atoms. The Morgan fingerprint density at radius 1 is 1.43 bits per heavy atom. The van der Waals surface area contributed by atoms with Crippen LogP contribution >= 0.6 is 11.6 Å². The molecular formula is C18H22ClF3N4O2. The van der Waals surface area contributed by atoms with Crippen LogP contribution in [-0.2, 0) is 16.1 Å². The van der Waals surface area contributed by atoms with Crippen LogP contribution in [0, 0.1) is 5.41 Å². The number of carbonyl (C=O) groups excluding carboxylic acids is 1.